The van der Waals surface area contributed by atoms with Gasteiger partial charge in [0, 0.05) is 4.57 Å². The Kier molecular flexibility index (Phi) is 26.9. The van der Waals surface area contributed by atoms with Crippen LogP contribution in [0.25, 0.3) is 0 Å². The van der Waals surface area contributed by atoms with E-state index < -0.39 is 23.1 Å². The Bertz CT molecular complexity index is 156. The Morgan fingerprint density at radius 2 is 1.67 bits per heavy atom. The van der Waals surface area contributed by atoms with Gasteiger partial charge in [-0.1, -0.05) is 0 Å². The minimum atomic E-state index is -4.71. The molecule has 0 saturated carbocycles. The van der Waals surface area contributed by atoms with Crippen LogP contribution >= 0.6 is 8.25 Å². The minimum absolute atomic E-state index is 0. The molecule has 15 heavy (non-hydrogen) atoms. The standard InChI is InChI=1S/C4H9O6PSi.3Na/c1-9-11(5)10-3-2-4-12(6,7)8;;;/h2-4H2,1H3;;;/q-2;3*+1. The Balaban J connectivity index is -0.000000202. The van der Waals surface area contributed by atoms with Crippen LogP contribution in [0.1, 0.15) is 6.42 Å². The van der Waals surface area contributed by atoms with E-state index in [2.05, 4.69) is 9.05 Å². The largest absolute Gasteiger partial charge is 1.00 e. The van der Waals surface area contributed by atoms with Gasteiger partial charge in [-0.3, -0.25) is 8.80 Å². The first kappa shape index (κ1) is 26.6. The second-order valence-corrected chi connectivity index (χ2v) is 4.96. The van der Waals surface area contributed by atoms with Crippen LogP contribution in [0.3, 0.4) is 0 Å². The molecule has 0 spiro atoms. The fourth-order valence-electron chi connectivity index (χ4n) is 0.480. The SMILES string of the molecule is CO[P+](=O)OCCC[Si]([O-])([O-])[O-].[Na+].[Na+].[Na+]. The molecule has 72 valence electrons. The Hall–Kier alpha value is 3.12. The third kappa shape index (κ3) is 22.7. The average molecular weight is 281 g/mol. The van der Waals surface area contributed by atoms with E-state index >= 15 is 0 Å². The van der Waals surface area contributed by atoms with Crippen LogP contribution in [0.15, 0.2) is 0 Å². The quantitative estimate of drug-likeness (QED) is 0.272. The van der Waals surface area contributed by atoms with Crippen molar-refractivity contribution in [2.45, 2.75) is 12.5 Å². The summed E-state index contributed by atoms with van der Waals surface area (Å²) in [4.78, 5) is 30.3. The Morgan fingerprint density at radius 1 is 1.20 bits per heavy atom. The van der Waals surface area contributed by atoms with Crippen LogP contribution in [-0.4, -0.2) is 22.5 Å². The van der Waals surface area contributed by atoms with Gasteiger partial charge >= 0.3 is 96.9 Å². The fourth-order valence-corrected chi connectivity index (χ4v) is 1.44. The fraction of sp³-hybridized carbons (Fsp3) is 1.00. The molecular weight excluding hydrogens is 272 g/mol. The van der Waals surface area contributed by atoms with Crippen LogP contribution in [0.2, 0.25) is 6.04 Å². The van der Waals surface area contributed by atoms with Crippen LogP contribution in [0, 0.1) is 0 Å². The Morgan fingerprint density at radius 3 is 2.00 bits per heavy atom. The van der Waals surface area contributed by atoms with Crippen molar-refractivity contribution in [3.8, 4) is 0 Å². The first-order chi connectivity index (χ1) is 5.45. The van der Waals surface area contributed by atoms with Crippen LogP contribution < -0.4 is 103 Å². The topological polar surface area (TPSA) is 105 Å². The molecule has 0 aliphatic rings. The van der Waals surface area contributed by atoms with E-state index in [1.165, 1.54) is 7.11 Å². The van der Waals surface area contributed by atoms with Gasteiger partial charge in [-0.15, -0.1) is 15.1 Å². The molecule has 0 heterocycles. The average Bonchev–Trinajstić information content (AvgIpc) is 1.96. The molecule has 0 radical (unpaired) electrons. The van der Waals surface area contributed by atoms with E-state index in [1.807, 2.05) is 0 Å². The van der Waals surface area contributed by atoms with Gasteiger partial charge < -0.3 is 14.4 Å². The predicted molar refractivity (Wildman–Crippen MR) is 35.7 cm³/mol. The van der Waals surface area contributed by atoms with Crippen molar-refractivity contribution in [2.75, 3.05) is 13.7 Å². The maximum atomic E-state index is 10.4. The summed E-state index contributed by atoms with van der Waals surface area (Å²) in [6.45, 7) is -0.0511. The van der Waals surface area contributed by atoms with Crippen molar-refractivity contribution in [3.05, 3.63) is 0 Å². The third-order valence-electron chi connectivity index (χ3n) is 0.973. The molecule has 0 aromatic heterocycles. The van der Waals surface area contributed by atoms with Crippen molar-refractivity contribution in [1.82, 2.24) is 0 Å². The van der Waals surface area contributed by atoms with Gasteiger partial charge in [-0.05, 0) is 6.42 Å². The van der Waals surface area contributed by atoms with Crippen molar-refractivity contribution in [3.63, 3.8) is 0 Å². The number of rotatable bonds is 6. The molecule has 0 amide bonds. The van der Waals surface area contributed by atoms with E-state index in [0.717, 1.165) is 0 Å². The minimum Gasteiger partial charge on any atom is -0.881 e. The van der Waals surface area contributed by atoms with Gasteiger partial charge in [-0.25, -0.2) is 0 Å². The van der Waals surface area contributed by atoms with Crippen LogP contribution in [0.5, 0.6) is 0 Å². The van der Waals surface area contributed by atoms with Gasteiger partial charge in [0.15, 0.2) is 0 Å². The smallest absolute Gasteiger partial charge is 0.881 e. The monoisotopic (exact) mass is 281 g/mol. The summed E-state index contributed by atoms with van der Waals surface area (Å²) in [5.74, 6) is 0. The summed E-state index contributed by atoms with van der Waals surface area (Å²) < 4.78 is 19.1. The van der Waals surface area contributed by atoms with Crippen molar-refractivity contribution < 1.29 is 117 Å². The summed E-state index contributed by atoms with van der Waals surface area (Å²) in [7, 11) is -5.67. The van der Waals surface area contributed by atoms with E-state index in [-0.39, 0.29) is 102 Å². The van der Waals surface area contributed by atoms with Crippen LogP contribution in [0.4, 0.5) is 0 Å². The molecule has 0 N–H and O–H groups in total. The Labute approximate surface area is 157 Å². The molecule has 11 heteroatoms. The zero-order valence-electron chi connectivity index (χ0n) is 9.52. The summed E-state index contributed by atoms with van der Waals surface area (Å²) in [6.07, 6.45) is 0.0488. The first-order valence-corrected chi connectivity index (χ1v) is 6.24. The number of hydrogen-bond donors (Lipinski definition) is 0. The molecule has 0 aliphatic heterocycles. The molecule has 1 atom stereocenters. The molecule has 0 aromatic carbocycles. The second-order valence-electron chi connectivity index (χ2n) is 2.03. The molecule has 0 aliphatic carbocycles. The normalized spacial score (nSPS) is 10.5. The van der Waals surface area contributed by atoms with Crippen molar-refractivity contribution in [2.24, 2.45) is 0 Å². The van der Waals surface area contributed by atoms with Gasteiger partial charge in [0.2, 0.25) is 0 Å². The van der Waals surface area contributed by atoms with E-state index in [1.54, 1.807) is 0 Å². The van der Waals surface area contributed by atoms with E-state index in [4.69, 9.17) is 0 Å². The molecule has 0 saturated heterocycles. The molecule has 0 fully saturated rings. The summed E-state index contributed by atoms with van der Waals surface area (Å²) >= 11 is 0. The van der Waals surface area contributed by atoms with Crippen LogP contribution in [-0.2, 0) is 13.6 Å². The predicted octanol–water partition coefficient (Wildman–Crippen LogP) is -11.3. The van der Waals surface area contributed by atoms with Gasteiger partial charge in [0.25, 0.3) is 0 Å². The first-order valence-electron chi connectivity index (χ1n) is 3.21. The zero-order chi connectivity index (χ0) is 9.61. The maximum absolute atomic E-state index is 10.4. The van der Waals surface area contributed by atoms with Crippen molar-refractivity contribution >= 4 is 17.1 Å². The van der Waals surface area contributed by atoms with Crippen molar-refractivity contribution in [1.29, 1.82) is 0 Å². The second kappa shape index (κ2) is 15.2. The zero-order valence-corrected chi connectivity index (χ0v) is 17.4. The van der Waals surface area contributed by atoms with Gasteiger partial charge in [0.1, 0.15) is 6.61 Å². The molecule has 0 rings (SSSR count). The third-order valence-corrected chi connectivity index (χ3v) is 2.63. The maximum Gasteiger partial charge on any atom is 1.00 e. The van der Waals surface area contributed by atoms with Gasteiger partial charge in [0.05, 0.1) is 7.11 Å². The molecule has 0 bridgehead atoms. The summed E-state index contributed by atoms with van der Waals surface area (Å²) in [6, 6.07) is -0.458. The van der Waals surface area contributed by atoms with Gasteiger partial charge in [-0.2, -0.15) is 0 Å². The molecular formula is C4H9Na3O6PSi+. The summed E-state index contributed by atoms with van der Waals surface area (Å²) in [5, 5.41) is 0. The van der Waals surface area contributed by atoms with E-state index in [0.29, 0.717) is 0 Å². The molecule has 6 nitrogen and oxygen atoms in total. The molecule has 1 unspecified atom stereocenters. The number of hydrogen-bond acceptors (Lipinski definition) is 6. The molecule has 0 aromatic rings. The van der Waals surface area contributed by atoms with E-state index in [9.17, 15) is 19.0 Å². The summed E-state index contributed by atoms with van der Waals surface area (Å²) in [5.41, 5.74) is 0.